The van der Waals surface area contributed by atoms with Gasteiger partial charge < -0.3 is 24.6 Å². The van der Waals surface area contributed by atoms with E-state index in [2.05, 4.69) is 25.3 Å². The van der Waals surface area contributed by atoms with E-state index in [0.717, 1.165) is 0 Å². The van der Waals surface area contributed by atoms with Crippen molar-refractivity contribution < 1.29 is 23.0 Å². The van der Waals surface area contributed by atoms with Gasteiger partial charge in [-0.2, -0.15) is 15.0 Å². The Labute approximate surface area is 223 Å². The number of hydrogen-bond acceptors (Lipinski definition) is 9. The van der Waals surface area contributed by atoms with Gasteiger partial charge in [-0.15, -0.1) is 11.6 Å². The number of nitrogens with one attached hydrogen (secondary N) is 1. The molecular formula is C24H29ClF2N8O3. The number of hydrogen-bond donors (Lipinski definition) is 1. The quantitative estimate of drug-likeness (QED) is 0.423. The zero-order chi connectivity index (χ0) is 26.6. The molecule has 38 heavy (non-hydrogen) atoms. The summed E-state index contributed by atoms with van der Waals surface area (Å²) in [5.74, 6) is 0.439. The van der Waals surface area contributed by atoms with Crippen LogP contribution in [0, 0.1) is 0 Å². The van der Waals surface area contributed by atoms with Crippen molar-refractivity contribution in [3.63, 3.8) is 0 Å². The zero-order valence-corrected chi connectivity index (χ0v) is 21.7. The minimum atomic E-state index is -2.87. The highest BCUT2D eigenvalue weighted by Gasteiger charge is 2.27. The lowest BCUT2D eigenvalue weighted by molar-refractivity contribution is -0.129. The Bertz CT molecular complexity index is 1280. The molecule has 0 radical (unpaired) electrons. The highest BCUT2D eigenvalue weighted by Crippen LogP contribution is 2.32. The van der Waals surface area contributed by atoms with Gasteiger partial charge in [0.15, 0.2) is 5.82 Å². The molecule has 1 aromatic carbocycles. The summed E-state index contributed by atoms with van der Waals surface area (Å²) in [6, 6.07) is 5.09. The largest absolute Gasteiger partial charge is 0.492 e. The molecule has 5 rings (SSSR count). The van der Waals surface area contributed by atoms with Gasteiger partial charge in [0.1, 0.15) is 17.1 Å². The van der Waals surface area contributed by atoms with Gasteiger partial charge >= 0.3 is 0 Å². The van der Waals surface area contributed by atoms with Crippen molar-refractivity contribution in [3.05, 3.63) is 24.0 Å². The predicted molar refractivity (Wildman–Crippen MR) is 138 cm³/mol. The third-order valence-electron chi connectivity index (χ3n) is 6.57. The number of ether oxygens (including phenoxy) is 2. The van der Waals surface area contributed by atoms with E-state index in [1.807, 2.05) is 11.8 Å². The number of rotatable bonds is 8. The Hall–Kier alpha value is -3.32. The first-order chi connectivity index (χ1) is 18.5. The van der Waals surface area contributed by atoms with Crippen LogP contribution in [0.2, 0.25) is 0 Å². The second-order valence-corrected chi connectivity index (χ2v) is 9.22. The fraction of sp³-hybridized carbons (Fsp3) is 0.542. The maximum Gasteiger partial charge on any atom is 0.296 e. The molecule has 14 heteroatoms. The zero-order valence-electron chi connectivity index (χ0n) is 20.9. The number of likely N-dealkylation sites (tertiary alicyclic amines) is 1. The number of halogens is 3. The Morgan fingerprint density at radius 2 is 1.87 bits per heavy atom. The number of morpholine rings is 1. The standard InChI is InChI=1S/C24H29ClF2N8O3/c1-2-38-17-5-3-4-16-19(17)29-21(20(26)27)35(16)24-31-22(30-23(32-24)34-10-12-37-13-11-34)28-15-6-8-33(9-7-15)18(36)14-25/h3-5,15,20H,2,6-14H2,1H3,(H,28,30,31,32). The molecule has 11 nitrogen and oxygen atoms in total. The molecule has 0 saturated carbocycles. The molecule has 4 heterocycles. The number of piperidine rings is 1. The Morgan fingerprint density at radius 3 is 2.55 bits per heavy atom. The summed E-state index contributed by atoms with van der Waals surface area (Å²) < 4.78 is 40.9. The lowest BCUT2D eigenvalue weighted by Gasteiger charge is -2.32. The SMILES string of the molecule is CCOc1cccc2c1nc(C(F)F)n2-c1nc(NC2CCN(C(=O)CCl)CC2)nc(N2CCOCC2)n1. The van der Waals surface area contributed by atoms with Gasteiger partial charge in [-0.1, -0.05) is 6.07 Å². The molecular weight excluding hydrogens is 522 g/mol. The van der Waals surface area contributed by atoms with Crippen molar-refractivity contribution >= 4 is 40.4 Å². The molecule has 0 unspecified atom stereocenters. The third-order valence-corrected chi connectivity index (χ3v) is 6.80. The summed E-state index contributed by atoms with van der Waals surface area (Å²) in [5.41, 5.74) is 0.716. The molecule has 0 atom stereocenters. The third kappa shape index (κ3) is 5.44. The minimum Gasteiger partial charge on any atom is -0.492 e. The number of anilines is 2. The minimum absolute atomic E-state index is 0.0131. The predicted octanol–water partition coefficient (Wildman–Crippen LogP) is 3.03. The lowest BCUT2D eigenvalue weighted by Crippen LogP contribution is -2.43. The van der Waals surface area contributed by atoms with Crippen molar-refractivity contribution in [2.75, 3.05) is 62.1 Å². The van der Waals surface area contributed by atoms with Crippen LogP contribution in [-0.2, 0) is 9.53 Å². The molecule has 0 spiro atoms. The average molecular weight is 551 g/mol. The topological polar surface area (TPSA) is 111 Å². The van der Waals surface area contributed by atoms with Gasteiger partial charge in [0.25, 0.3) is 6.43 Å². The van der Waals surface area contributed by atoms with Gasteiger partial charge in [0, 0.05) is 32.2 Å². The highest BCUT2D eigenvalue weighted by atomic mass is 35.5. The van der Waals surface area contributed by atoms with Crippen LogP contribution in [0.15, 0.2) is 18.2 Å². The molecule has 1 amide bonds. The molecule has 1 N–H and O–H groups in total. The summed E-state index contributed by atoms with van der Waals surface area (Å²) in [5, 5.41) is 3.33. The molecule has 0 bridgehead atoms. The van der Waals surface area contributed by atoms with Gasteiger partial charge in [0.2, 0.25) is 23.8 Å². The number of carbonyl (C=O) groups is 1. The Morgan fingerprint density at radius 1 is 1.13 bits per heavy atom. The summed E-state index contributed by atoms with van der Waals surface area (Å²) in [4.78, 5) is 33.6. The first-order valence-corrected chi connectivity index (χ1v) is 13.1. The van der Waals surface area contributed by atoms with Crippen LogP contribution in [0.4, 0.5) is 20.7 Å². The number of amides is 1. The number of carbonyl (C=O) groups excluding carboxylic acids is 1. The Balaban J connectivity index is 1.54. The van der Waals surface area contributed by atoms with E-state index in [4.69, 9.17) is 21.1 Å². The van der Waals surface area contributed by atoms with Gasteiger partial charge in [-0.05, 0) is 31.9 Å². The number of benzene rings is 1. The summed E-state index contributed by atoms with van der Waals surface area (Å²) in [6.45, 7) is 5.42. The van der Waals surface area contributed by atoms with Crippen LogP contribution in [0.25, 0.3) is 17.0 Å². The van der Waals surface area contributed by atoms with E-state index >= 15 is 0 Å². The van der Waals surface area contributed by atoms with Crippen molar-refractivity contribution in [1.29, 1.82) is 0 Å². The molecule has 2 aromatic heterocycles. The van der Waals surface area contributed by atoms with Crippen LogP contribution >= 0.6 is 11.6 Å². The number of nitrogens with zero attached hydrogens (tertiary/aromatic N) is 7. The fourth-order valence-corrected chi connectivity index (χ4v) is 4.85. The maximum absolute atomic E-state index is 14.2. The second-order valence-electron chi connectivity index (χ2n) is 8.95. The first kappa shape index (κ1) is 26.3. The van der Waals surface area contributed by atoms with Gasteiger partial charge in [-0.25, -0.2) is 13.8 Å². The average Bonchev–Trinajstić information content (AvgIpc) is 3.35. The molecule has 2 fully saturated rings. The van der Waals surface area contributed by atoms with Crippen LogP contribution in [-0.4, -0.2) is 93.2 Å². The Kier molecular flexibility index (Phi) is 8.03. The molecule has 0 aliphatic carbocycles. The number of imidazole rings is 1. The molecule has 2 aliphatic heterocycles. The van der Waals surface area contributed by atoms with E-state index < -0.39 is 12.2 Å². The molecule has 2 aliphatic rings. The fourth-order valence-electron chi connectivity index (χ4n) is 4.68. The number of aromatic nitrogens is 5. The van der Waals surface area contributed by atoms with Crippen molar-refractivity contribution in [1.82, 2.24) is 29.4 Å². The van der Waals surface area contributed by atoms with E-state index in [1.54, 1.807) is 23.1 Å². The molecule has 2 saturated heterocycles. The highest BCUT2D eigenvalue weighted by molar-refractivity contribution is 6.27. The van der Waals surface area contributed by atoms with Gasteiger partial charge in [-0.3, -0.25) is 9.36 Å². The van der Waals surface area contributed by atoms with Crippen molar-refractivity contribution in [2.24, 2.45) is 0 Å². The number of alkyl halides is 3. The maximum atomic E-state index is 14.2. The smallest absolute Gasteiger partial charge is 0.296 e. The van der Waals surface area contributed by atoms with Gasteiger partial charge in [0.05, 0.1) is 25.3 Å². The van der Waals surface area contributed by atoms with E-state index in [9.17, 15) is 13.6 Å². The monoisotopic (exact) mass is 550 g/mol. The van der Waals surface area contributed by atoms with Crippen LogP contribution < -0.4 is 15.0 Å². The van der Waals surface area contributed by atoms with Crippen LogP contribution in [0.5, 0.6) is 5.75 Å². The lowest BCUT2D eigenvalue weighted by atomic mass is 10.1. The summed E-state index contributed by atoms with van der Waals surface area (Å²) >= 11 is 5.70. The van der Waals surface area contributed by atoms with E-state index in [1.165, 1.54) is 4.57 Å². The number of fused-ring (bicyclic) bond motifs is 1. The number of para-hydroxylation sites is 1. The normalized spacial score (nSPS) is 16.9. The van der Waals surface area contributed by atoms with Crippen LogP contribution in [0.1, 0.15) is 32.0 Å². The van der Waals surface area contributed by atoms with E-state index in [0.29, 0.717) is 81.6 Å². The van der Waals surface area contributed by atoms with Crippen molar-refractivity contribution in [2.45, 2.75) is 32.2 Å². The summed E-state index contributed by atoms with van der Waals surface area (Å²) in [7, 11) is 0. The second kappa shape index (κ2) is 11.6. The first-order valence-electron chi connectivity index (χ1n) is 12.6. The molecule has 204 valence electrons. The summed E-state index contributed by atoms with van der Waals surface area (Å²) in [6.07, 6.45) is -1.53. The van der Waals surface area contributed by atoms with E-state index in [-0.39, 0.29) is 29.7 Å². The molecule has 3 aromatic rings. The van der Waals surface area contributed by atoms with Crippen LogP contribution in [0.3, 0.4) is 0 Å². The van der Waals surface area contributed by atoms with Crippen molar-refractivity contribution in [3.8, 4) is 11.7 Å².